The van der Waals surface area contributed by atoms with Gasteiger partial charge in [0.25, 0.3) is 0 Å². The summed E-state index contributed by atoms with van der Waals surface area (Å²) in [5, 5.41) is 8.89. The van der Waals surface area contributed by atoms with E-state index in [1.165, 1.54) is 29.6 Å². The molecule has 0 aromatic carbocycles. The number of hydrogen-bond acceptors (Lipinski definition) is 5. The molecular weight excluding hydrogens is 353 g/mol. The zero-order valence-electron chi connectivity index (χ0n) is 13.5. The van der Waals surface area contributed by atoms with Gasteiger partial charge in [-0.25, -0.2) is 9.78 Å². The second kappa shape index (κ2) is 5.89. The summed E-state index contributed by atoms with van der Waals surface area (Å²) in [7, 11) is 0. The second-order valence-electron chi connectivity index (χ2n) is 6.58. The summed E-state index contributed by atoms with van der Waals surface area (Å²) in [5.74, 6) is -0.0533. The molecule has 2 aliphatic rings. The number of hydrogen-bond donors (Lipinski definition) is 1. The lowest BCUT2D eigenvalue weighted by Crippen LogP contribution is -2.24. The van der Waals surface area contributed by atoms with Crippen molar-refractivity contribution in [3.8, 4) is 5.88 Å². The Kier molecular flexibility index (Phi) is 3.78. The normalized spacial score (nSPS) is 21.6. The fourth-order valence-electron chi connectivity index (χ4n) is 3.29. The minimum Gasteiger partial charge on any atom is -0.476 e. The van der Waals surface area contributed by atoms with Crippen LogP contribution >= 0.6 is 0 Å². The summed E-state index contributed by atoms with van der Waals surface area (Å²) in [6, 6.07) is 3.19. The molecule has 4 rings (SSSR count). The zero-order valence-corrected chi connectivity index (χ0v) is 13.5. The molecular formula is C16H15F3N4O3. The number of rotatable bonds is 5. The van der Waals surface area contributed by atoms with Gasteiger partial charge >= 0.3 is 12.3 Å². The minimum atomic E-state index is -4.87. The van der Waals surface area contributed by atoms with E-state index < -0.39 is 18.2 Å². The molecule has 1 aliphatic heterocycles. The summed E-state index contributed by atoms with van der Waals surface area (Å²) in [6.07, 6.45) is -1.22. The fourth-order valence-corrected chi connectivity index (χ4v) is 3.29. The van der Waals surface area contributed by atoms with Crippen LogP contribution in [0.5, 0.6) is 5.88 Å². The van der Waals surface area contributed by atoms with E-state index in [1.54, 1.807) is 6.07 Å². The predicted octanol–water partition coefficient (Wildman–Crippen LogP) is 2.38. The van der Waals surface area contributed by atoms with E-state index in [2.05, 4.69) is 14.7 Å². The Balaban J connectivity index is 1.60. The Labute approximate surface area is 146 Å². The average molecular weight is 368 g/mol. The van der Waals surface area contributed by atoms with Crippen molar-refractivity contribution in [3.05, 3.63) is 35.9 Å². The highest BCUT2D eigenvalue weighted by Crippen LogP contribution is 2.46. The first kappa shape index (κ1) is 16.7. The van der Waals surface area contributed by atoms with Crippen LogP contribution in [0, 0.1) is 11.8 Å². The molecule has 2 unspecified atom stereocenters. The van der Waals surface area contributed by atoms with E-state index in [0.717, 1.165) is 13.1 Å². The maximum Gasteiger partial charge on any atom is 0.574 e. The molecule has 7 nitrogen and oxygen atoms in total. The van der Waals surface area contributed by atoms with Gasteiger partial charge in [-0.2, -0.15) is 4.98 Å². The molecule has 2 aromatic rings. The van der Waals surface area contributed by atoms with Crippen molar-refractivity contribution in [2.45, 2.75) is 19.3 Å². The van der Waals surface area contributed by atoms with Crippen LogP contribution in [0.3, 0.4) is 0 Å². The first-order valence-electron chi connectivity index (χ1n) is 8.04. The SMILES string of the molecule is O=C(O)c1cn(Cc2ccc(N3CC4CC4C3)nc2OC(F)(F)F)cn1. The molecule has 3 heterocycles. The number of carboxylic acids is 1. The van der Waals surface area contributed by atoms with Gasteiger partial charge in [-0.05, 0) is 30.4 Å². The van der Waals surface area contributed by atoms with Crippen LogP contribution < -0.4 is 9.64 Å². The lowest BCUT2D eigenvalue weighted by atomic mass is 10.2. The third-order valence-corrected chi connectivity index (χ3v) is 4.64. The van der Waals surface area contributed by atoms with Gasteiger partial charge in [-0.3, -0.25) is 0 Å². The van der Waals surface area contributed by atoms with Crippen LogP contribution in [-0.2, 0) is 6.54 Å². The number of fused-ring (bicyclic) bond motifs is 1. The van der Waals surface area contributed by atoms with Gasteiger partial charge in [0.15, 0.2) is 5.69 Å². The average Bonchev–Trinajstić information content (AvgIpc) is 2.96. The van der Waals surface area contributed by atoms with Crippen molar-refractivity contribution < 1.29 is 27.8 Å². The molecule has 0 radical (unpaired) electrons. The number of piperidine rings is 1. The number of halogens is 3. The van der Waals surface area contributed by atoms with Gasteiger partial charge in [-0.15, -0.1) is 13.2 Å². The van der Waals surface area contributed by atoms with Crippen molar-refractivity contribution in [1.82, 2.24) is 14.5 Å². The summed E-state index contributed by atoms with van der Waals surface area (Å²) in [4.78, 5) is 20.6. The summed E-state index contributed by atoms with van der Waals surface area (Å²) < 4.78 is 43.8. The highest BCUT2D eigenvalue weighted by molar-refractivity contribution is 5.84. The van der Waals surface area contributed by atoms with Crippen LogP contribution in [0.25, 0.3) is 0 Å². The number of ether oxygens (including phenoxy) is 1. The number of carboxylic acid groups (broad SMARTS) is 1. The van der Waals surface area contributed by atoms with E-state index in [0.29, 0.717) is 17.7 Å². The Morgan fingerprint density at radius 3 is 2.65 bits per heavy atom. The van der Waals surface area contributed by atoms with E-state index in [-0.39, 0.29) is 17.8 Å². The number of alkyl halides is 3. The lowest BCUT2D eigenvalue weighted by molar-refractivity contribution is -0.276. The molecule has 0 bridgehead atoms. The first-order chi connectivity index (χ1) is 12.3. The number of carbonyl (C=O) groups is 1. The number of nitrogens with zero attached hydrogens (tertiary/aromatic N) is 4. The Hall–Kier alpha value is -2.78. The lowest BCUT2D eigenvalue weighted by Gasteiger charge is -2.21. The monoisotopic (exact) mass is 368 g/mol. The number of imidazole rings is 1. The maximum absolute atomic E-state index is 12.8. The molecule has 1 N–H and O–H groups in total. The Bertz CT molecular complexity index is 842. The smallest absolute Gasteiger partial charge is 0.476 e. The number of aromatic carboxylic acids is 1. The van der Waals surface area contributed by atoms with Crippen molar-refractivity contribution in [1.29, 1.82) is 0 Å². The Morgan fingerprint density at radius 2 is 2.04 bits per heavy atom. The van der Waals surface area contributed by atoms with Crippen LogP contribution in [0.4, 0.5) is 19.0 Å². The van der Waals surface area contributed by atoms with E-state index in [4.69, 9.17) is 5.11 Å². The standard InChI is InChI=1S/C16H15F3N4O3/c17-16(18,19)26-14-9(4-22-7-12(15(24)25)20-8-22)1-2-13(21-14)23-5-10-3-11(10)6-23/h1-2,7-8,10-11H,3-6H2,(H,24,25). The summed E-state index contributed by atoms with van der Waals surface area (Å²) in [6.45, 7) is 1.56. The predicted molar refractivity (Wildman–Crippen MR) is 83.0 cm³/mol. The fraction of sp³-hybridized carbons (Fsp3) is 0.438. The number of anilines is 1. The quantitative estimate of drug-likeness (QED) is 0.873. The first-order valence-corrected chi connectivity index (χ1v) is 8.04. The van der Waals surface area contributed by atoms with E-state index in [9.17, 15) is 18.0 Å². The Morgan fingerprint density at radius 1 is 1.31 bits per heavy atom. The molecule has 10 heteroatoms. The topological polar surface area (TPSA) is 80.5 Å². The third-order valence-electron chi connectivity index (χ3n) is 4.64. The van der Waals surface area contributed by atoms with Crippen LogP contribution in [0.2, 0.25) is 0 Å². The molecule has 0 amide bonds. The van der Waals surface area contributed by atoms with E-state index >= 15 is 0 Å². The van der Waals surface area contributed by atoms with Crippen molar-refractivity contribution in [2.75, 3.05) is 18.0 Å². The maximum atomic E-state index is 12.8. The largest absolute Gasteiger partial charge is 0.574 e. The summed E-state index contributed by atoms with van der Waals surface area (Å²) >= 11 is 0. The van der Waals surface area contributed by atoms with Gasteiger partial charge < -0.3 is 19.3 Å². The highest BCUT2D eigenvalue weighted by Gasteiger charge is 2.45. The minimum absolute atomic E-state index is 0.0375. The molecule has 1 aliphatic carbocycles. The van der Waals surface area contributed by atoms with Gasteiger partial charge in [0.05, 0.1) is 12.9 Å². The number of pyridine rings is 1. The van der Waals surface area contributed by atoms with Crippen LogP contribution in [-0.4, -0.2) is 45.1 Å². The number of aromatic nitrogens is 3. The molecule has 0 spiro atoms. The highest BCUT2D eigenvalue weighted by atomic mass is 19.4. The van der Waals surface area contributed by atoms with Gasteiger partial charge in [-0.1, -0.05) is 0 Å². The molecule has 1 saturated heterocycles. The zero-order chi connectivity index (χ0) is 18.5. The van der Waals surface area contributed by atoms with Gasteiger partial charge in [0.1, 0.15) is 5.82 Å². The van der Waals surface area contributed by atoms with Crippen LogP contribution in [0.1, 0.15) is 22.5 Å². The van der Waals surface area contributed by atoms with Crippen LogP contribution in [0.15, 0.2) is 24.7 Å². The molecule has 2 atom stereocenters. The molecule has 2 aromatic heterocycles. The van der Waals surface area contributed by atoms with Crippen molar-refractivity contribution >= 4 is 11.8 Å². The molecule has 26 heavy (non-hydrogen) atoms. The molecule has 138 valence electrons. The van der Waals surface area contributed by atoms with Gasteiger partial charge in [0.2, 0.25) is 5.88 Å². The van der Waals surface area contributed by atoms with E-state index in [1.807, 2.05) is 4.90 Å². The summed E-state index contributed by atoms with van der Waals surface area (Å²) in [5.41, 5.74) is -0.00562. The van der Waals surface area contributed by atoms with Crippen molar-refractivity contribution in [3.63, 3.8) is 0 Å². The molecule has 2 fully saturated rings. The van der Waals surface area contributed by atoms with Gasteiger partial charge in [0, 0.05) is 24.8 Å². The third kappa shape index (κ3) is 3.44. The second-order valence-corrected chi connectivity index (χ2v) is 6.58. The van der Waals surface area contributed by atoms with Crippen molar-refractivity contribution in [2.24, 2.45) is 11.8 Å². The molecule has 1 saturated carbocycles.